The maximum absolute atomic E-state index is 12.9. The Bertz CT molecular complexity index is 872. The largest absolute Gasteiger partial charge is 0.494 e. The van der Waals surface area contributed by atoms with E-state index in [9.17, 15) is 4.79 Å². The Hall–Kier alpha value is -2.86. The van der Waals surface area contributed by atoms with Gasteiger partial charge in [0.05, 0.1) is 12.3 Å². The van der Waals surface area contributed by atoms with E-state index in [0.717, 1.165) is 24.4 Å². The molecule has 28 heavy (non-hydrogen) atoms. The maximum atomic E-state index is 12.9. The Labute approximate surface area is 171 Å². The third-order valence-electron chi connectivity index (χ3n) is 4.62. The average Bonchev–Trinajstić information content (AvgIpc) is 2.98. The molecule has 2 aromatic carbocycles. The van der Waals surface area contributed by atoms with Crippen molar-refractivity contribution >= 4 is 40.7 Å². The molecule has 0 saturated carbocycles. The standard InChI is InChI=1S/C22H25N3O2S/c1-4-24(5-2)17-9-7-16(8-10-17)15-20-21(26)25(22(28)23-20)18-11-13-19(14-12-18)27-6-3/h7-15H,4-6H2,1-3H3,(H,23,28). The lowest BCUT2D eigenvalue weighted by atomic mass is 10.1. The number of carbonyl (C=O) groups excluding carboxylic acids is 1. The second-order valence-corrected chi connectivity index (χ2v) is 6.71. The van der Waals surface area contributed by atoms with Gasteiger partial charge in [-0.2, -0.15) is 0 Å². The Morgan fingerprint density at radius 3 is 2.25 bits per heavy atom. The van der Waals surface area contributed by atoms with Crippen LogP contribution in [0.3, 0.4) is 0 Å². The highest BCUT2D eigenvalue weighted by Crippen LogP contribution is 2.25. The van der Waals surface area contributed by atoms with Gasteiger partial charge in [-0.1, -0.05) is 12.1 Å². The molecule has 0 spiro atoms. The van der Waals surface area contributed by atoms with Crippen LogP contribution in [0.15, 0.2) is 54.2 Å². The first-order valence-electron chi connectivity index (χ1n) is 9.52. The van der Waals surface area contributed by atoms with E-state index in [0.29, 0.717) is 23.1 Å². The van der Waals surface area contributed by atoms with Gasteiger partial charge in [-0.15, -0.1) is 0 Å². The third-order valence-corrected chi connectivity index (χ3v) is 4.90. The van der Waals surface area contributed by atoms with Crippen LogP contribution in [0.25, 0.3) is 6.08 Å². The van der Waals surface area contributed by atoms with Crippen molar-refractivity contribution in [1.29, 1.82) is 0 Å². The molecule has 1 amide bonds. The van der Waals surface area contributed by atoms with Crippen LogP contribution in [0.2, 0.25) is 0 Å². The van der Waals surface area contributed by atoms with Crippen molar-refractivity contribution in [2.24, 2.45) is 0 Å². The predicted octanol–water partition coefficient (Wildman–Crippen LogP) is 4.19. The Morgan fingerprint density at radius 2 is 1.68 bits per heavy atom. The first-order chi connectivity index (χ1) is 13.6. The highest BCUT2D eigenvalue weighted by molar-refractivity contribution is 7.80. The number of rotatable bonds is 7. The Balaban J connectivity index is 1.79. The van der Waals surface area contributed by atoms with Gasteiger partial charge < -0.3 is 15.0 Å². The number of nitrogens with zero attached hydrogens (tertiary/aromatic N) is 2. The van der Waals surface area contributed by atoms with Crippen LogP contribution in [0.4, 0.5) is 11.4 Å². The number of carbonyl (C=O) groups is 1. The lowest BCUT2D eigenvalue weighted by Gasteiger charge is -2.20. The molecule has 0 unspecified atom stereocenters. The van der Waals surface area contributed by atoms with E-state index in [1.54, 1.807) is 0 Å². The first kappa shape index (κ1) is 19.9. The van der Waals surface area contributed by atoms with E-state index in [1.165, 1.54) is 10.6 Å². The van der Waals surface area contributed by atoms with Gasteiger partial charge in [-0.05, 0) is 81.0 Å². The minimum atomic E-state index is -0.165. The van der Waals surface area contributed by atoms with Crippen molar-refractivity contribution in [3.8, 4) is 5.75 Å². The van der Waals surface area contributed by atoms with Crippen molar-refractivity contribution in [3.05, 3.63) is 59.8 Å². The van der Waals surface area contributed by atoms with Gasteiger partial charge in [0.15, 0.2) is 5.11 Å². The number of hydrogen-bond acceptors (Lipinski definition) is 4. The SMILES string of the molecule is CCOc1ccc(N2C(=O)C(=Cc3ccc(N(CC)CC)cc3)NC2=S)cc1. The van der Waals surface area contributed by atoms with E-state index in [2.05, 4.69) is 36.2 Å². The quantitative estimate of drug-likeness (QED) is 0.562. The lowest BCUT2D eigenvalue weighted by molar-refractivity contribution is -0.113. The Kier molecular flexibility index (Phi) is 6.31. The Morgan fingerprint density at radius 1 is 1.04 bits per heavy atom. The zero-order valence-corrected chi connectivity index (χ0v) is 17.3. The summed E-state index contributed by atoms with van der Waals surface area (Å²) in [6, 6.07) is 15.5. The monoisotopic (exact) mass is 395 g/mol. The van der Waals surface area contributed by atoms with Crippen molar-refractivity contribution in [2.75, 3.05) is 29.5 Å². The van der Waals surface area contributed by atoms with Gasteiger partial charge in [0.25, 0.3) is 5.91 Å². The molecule has 1 saturated heterocycles. The van der Waals surface area contributed by atoms with Crippen LogP contribution in [0, 0.1) is 0 Å². The van der Waals surface area contributed by atoms with Gasteiger partial charge in [-0.25, -0.2) is 0 Å². The summed E-state index contributed by atoms with van der Waals surface area (Å²) in [4.78, 5) is 16.6. The molecule has 1 N–H and O–H groups in total. The summed E-state index contributed by atoms with van der Waals surface area (Å²) in [5.41, 5.74) is 3.30. The highest BCUT2D eigenvalue weighted by Gasteiger charge is 2.31. The molecular formula is C22H25N3O2S. The van der Waals surface area contributed by atoms with Crippen molar-refractivity contribution in [2.45, 2.75) is 20.8 Å². The number of ether oxygens (including phenoxy) is 1. The predicted molar refractivity (Wildman–Crippen MR) is 119 cm³/mol. The lowest BCUT2D eigenvalue weighted by Crippen LogP contribution is -2.30. The first-order valence-corrected chi connectivity index (χ1v) is 9.93. The molecule has 1 aliphatic heterocycles. The molecule has 0 aromatic heterocycles. The van der Waals surface area contributed by atoms with Crippen LogP contribution in [0.5, 0.6) is 5.75 Å². The van der Waals surface area contributed by atoms with E-state index < -0.39 is 0 Å². The highest BCUT2D eigenvalue weighted by atomic mass is 32.1. The van der Waals surface area contributed by atoms with E-state index in [-0.39, 0.29) is 5.91 Å². The smallest absolute Gasteiger partial charge is 0.281 e. The van der Waals surface area contributed by atoms with Crippen LogP contribution in [0.1, 0.15) is 26.3 Å². The van der Waals surface area contributed by atoms with Crippen LogP contribution in [-0.2, 0) is 4.79 Å². The zero-order chi connectivity index (χ0) is 20.1. The molecule has 146 valence electrons. The second-order valence-electron chi connectivity index (χ2n) is 6.32. The van der Waals surface area contributed by atoms with E-state index in [4.69, 9.17) is 17.0 Å². The molecule has 0 atom stereocenters. The van der Waals surface area contributed by atoms with Crippen molar-refractivity contribution < 1.29 is 9.53 Å². The van der Waals surface area contributed by atoms with Crippen LogP contribution < -0.4 is 19.9 Å². The molecule has 0 radical (unpaired) electrons. The van der Waals surface area contributed by atoms with Crippen molar-refractivity contribution in [1.82, 2.24) is 5.32 Å². The van der Waals surface area contributed by atoms with Gasteiger partial charge in [0, 0.05) is 18.8 Å². The summed E-state index contributed by atoms with van der Waals surface area (Å²) in [7, 11) is 0. The van der Waals surface area contributed by atoms with Gasteiger partial charge >= 0.3 is 0 Å². The second kappa shape index (κ2) is 8.89. The van der Waals surface area contributed by atoms with Crippen molar-refractivity contribution in [3.63, 3.8) is 0 Å². The summed E-state index contributed by atoms with van der Waals surface area (Å²) in [5.74, 6) is 0.600. The molecule has 0 aliphatic carbocycles. The van der Waals surface area contributed by atoms with Crippen LogP contribution >= 0.6 is 12.2 Å². The molecule has 5 nitrogen and oxygen atoms in total. The average molecular weight is 396 g/mol. The summed E-state index contributed by atoms with van der Waals surface area (Å²) >= 11 is 5.38. The fourth-order valence-corrected chi connectivity index (χ4v) is 3.46. The summed E-state index contributed by atoms with van der Waals surface area (Å²) in [6.07, 6.45) is 1.83. The minimum absolute atomic E-state index is 0.165. The summed E-state index contributed by atoms with van der Waals surface area (Å²) in [5, 5.41) is 3.40. The summed E-state index contributed by atoms with van der Waals surface area (Å²) < 4.78 is 5.45. The van der Waals surface area contributed by atoms with Gasteiger partial charge in [0.1, 0.15) is 11.4 Å². The number of hydrogen-bond donors (Lipinski definition) is 1. The minimum Gasteiger partial charge on any atom is -0.494 e. The zero-order valence-electron chi connectivity index (χ0n) is 16.4. The number of amides is 1. The van der Waals surface area contributed by atoms with Crippen LogP contribution in [-0.4, -0.2) is 30.7 Å². The normalized spacial score (nSPS) is 15.1. The fourth-order valence-electron chi connectivity index (χ4n) is 3.16. The van der Waals surface area contributed by atoms with Gasteiger partial charge in [0.2, 0.25) is 0 Å². The molecule has 1 aliphatic rings. The molecular weight excluding hydrogens is 370 g/mol. The van der Waals surface area contributed by atoms with Gasteiger partial charge in [-0.3, -0.25) is 9.69 Å². The van der Waals surface area contributed by atoms with E-state index >= 15 is 0 Å². The maximum Gasteiger partial charge on any atom is 0.281 e. The summed E-state index contributed by atoms with van der Waals surface area (Å²) in [6.45, 7) is 8.73. The number of benzene rings is 2. The molecule has 0 bridgehead atoms. The number of nitrogens with one attached hydrogen (secondary N) is 1. The fraction of sp³-hybridized carbons (Fsp3) is 0.273. The molecule has 2 aromatic rings. The van der Waals surface area contributed by atoms with E-state index in [1.807, 2.05) is 49.4 Å². The number of thiocarbonyl (C=S) groups is 1. The molecule has 1 fully saturated rings. The molecule has 6 heteroatoms. The molecule has 1 heterocycles. The molecule has 3 rings (SSSR count). The topological polar surface area (TPSA) is 44.8 Å². The number of anilines is 2. The third kappa shape index (κ3) is 4.17.